The minimum absolute atomic E-state index is 0.0771. The molecule has 0 atom stereocenters. The summed E-state index contributed by atoms with van der Waals surface area (Å²) in [4.78, 5) is 2.51. The second kappa shape index (κ2) is 9.53. The van der Waals surface area contributed by atoms with Gasteiger partial charge in [0.2, 0.25) is 0 Å². The van der Waals surface area contributed by atoms with Crippen molar-refractivity contribution < 1.29 is 0 Å². The highest BCUT2D eigenvalue weighted by atomic mass is 32.1. The van der Waals surface area contributed by atoms with Gasteiger partial charge >= 0.3 is 0 Å². The van der Waals surface area contributed by atoms with E-state index in [-0.39, 0.29) is 5.41 Å². The normalized spacial score (nSPS) is 13.6. The lowest BCUT2D eigenvalue weighted by molar-refractivity contribution is 0.660. The van der Waals surface area contributed by atoms with Gasteiger partial charge in [0.05, 0.1) is 5.69 Å². The molecule has 0 radical (unpaired) electrons. The molecule has 0 aliphatic heterocycles. The standard InChI is InChI=1S/C43H29NS2/c1-43(2)34-13-6-3-11-30(34)42-35(43)14-9-15-36(42)44(28-21-23-39-33(25-28)29-10-4-7-16-37(29)45-39)27-20-18-26-19-22-40-41(32(26)24-27)31-12-5-8-17-38(31)46-40/h3-25H,1-2H3. The van der Waals surface area contributed by atoms with Crippen LogP contribution < -0.4 is 4.90 Å². The molecule has 0 N–H and O–H groups in total. The molecule has 1 nitrogen and oxygen atoms in total. The fourth-order valence-electron chi connectivity index (χ4n) is 7.87. The van der Waals surface area contributed by atoms with Crippen LogP contribution >= 0.6 is 22.7 Å². The minimum atomic E-state index is -0.0771. The van der Waals surface area contributed by atoms with Crippen LogP contribution in [0.1, 0.15) is 25.0 Å². The van der Waals surface area contributed by atoms with E-state index < -0.39 is 0 Å². The van der Waals surface area contributed by atoms with Crippen molar-refractivity contribution in [2.45, 2.75) is 19.3 Å². The molecular formula is C43H29NS2. The Morgan fingerprint density at radius 1 is 0.478 bits per heavy atom. The molecule has 218 valence electrons. The zero-order valence-electron chi connectivity index (χ0n) is 25.5. The van der Waals surface area contributed by atoms with Crippen molar-refractivity contribution >= 4 is 90.9 Å². The molecule has 0 saturated heterocycles. The molecule has 10 rings (SSSR count). The molecule has 0 spiro atoms. The zero-order chi connectivity index (χ0) is 30.6. The summed E-state index contributed by atoms with van der Waals surface area (Å²) in [6, 6.07) is 52.1. The lowest BCUT2D eigenvalue weighted by Crippen LogP contribution is -2.16. The van der Waals surface area contributed by atoms with Crippen molar-refractivity contribution in [2.75, 3.05) is 4.90 Å². The van der Waals surface area contributed by atoms with E-state index in [1.807, 2.05) is 22.7 Å². The van der Waals surface area contributed by atoms with E-state index in [0.29, 0.717) is 0 Å². The molecule has 7 aromatic carbocycles. The fraction of sp³-hybridized carbons (Fsp3) is 0.0698. The average Bonchev–Trinajstić information content (AvgIpc) is 3.73. The van der Waals surface area contributed by atoms with Crippen molar-refractivity contribution in [3.63, 3.8) is 0 Å². The predicted octanol–water partition coefficient (Wildman–Crippen LogP) is 13.4. The Bertz CT molecular complexity index is 2690. The highest BCUT2D eigenvalue weighted by Gasteiger charge is 2.37. The topological polar surface area (TPSA) is 3.24 Å². The Labute approximate surface area is 275 Å². The molecular weight excluding hydrogens is 595 g/mol. The van der Waals surface area contributed by atoms with Gasteiger partial charge in [-0.3, -0.25) is 0 Å². The summed E-state index contributed by atoms with van der Waals surface area (Å²) in [6.07, 6.45) is 0. The summed E-state index contributed by atoms with van der Waals surface area (Å²) in [7, 11) is 0. The highest BCUT2D eigenvalue weighted by molar-refractivity contribution is 7.26. The molecule has 1 aliphatic carbocycles. The summed E-state index contributed by atoms with van der Waals surface area (Å²) >= 11 is 3.76. The lowest BCUT2D eigenvalue weighted by atomic mass is 9.82. The van der Waals surface area contributed by atoms with E-state index in [9.17, 15) is 0 Å². The van der Waals surface area contributed by atoms with Crippen LogP contribution in [-0.2, 0) is 5.41 Å². The van der Waals surface area contributed by atoms with Gasteiger partial charge in [-0.2, -0.15) is 0 Å². The van der Waals surface area contributed by atoms with Gasteiger partial charge < -0.3 is 4.90 Å². The molecule has 0 fully saturated rings. The molecule has 2 aromatic heterocycles. The smallest absolute Gasteiger partial charge is 0.0543 e. The zero-order valence-corrected chi connectivity index (χ0v) is 27.2. The maximum atomic E-state index is 2.51. The molecule has 1 aliphatic rings. The Kier molecular flexibility index (Phi) is 5.44. The van der Waals surface area contributed by atoms with Crippen LogP contribution in [0.5, 0.6) is 0 Å². The van der Waals surface area contributed by atoms with Gasteiger partial charge in [0, 0.05) is 62.7 Å². The largest absolute Gasteiger partial charge is 0.310 e. The van der Waals surface area contributed by atoms with Gasteiger partial charge in [-0.05, 0) is 82.1 Å². The van der Waals surface area contributed by atoms with E-state index in [2.05, 4.69) is 158 Å². The second-order valence-corrected chi connectivity index (χ2v) is 15.1. The van der Waals surface area contributed by atoms with Crippen LogP contribution in [-0.4, -0.2) is 0 Å². The van der Waals surface area contributed by atoms with Crippen LogP contribution in [0.15, 0.2) is 140 Å². The van der Waals surface area contributed by atoms with Gasteiger partial charge in [-0.25, -0.2) is 0 Å². The van der Waals surface area contributed by atoms with E-state index in [0.717, 1.165) is 0 Å². The SMILES string of the molecule is CC1(C)c2ccccc2-c2c(N(c3ccc4sc5ccccc5c4c3)c3ccc4ccc5sc6ccccc6c5c4c3)cccc21. The third-order valence-electron chi connectivity index (χ3n) is 10.0. The highest BCUT2D eigenvalue weighted by Crippen LogP contribution is 2.54. The number of nitrogens with zero attached hydrogens (tertiary/aromatic N) is 1. The van der Waals surface area contributed by atoms with Crippen LogP contribution in [0, 0.1) is 0 Å². The van der Waals surface area contributed by atoms with Gasteiger partial charge in [-0.15, -0.1) is 22.7 Å². The summed E-state index contributed by atoms with van der Waals surface area (Å²) in [5, 5.41) is 7.88. The predicted molar refractivity (Wildman–Crippen MR) is 202 cm³/mol. The van der Waals surface area contributed by atoms with Crippen molar-refractivity contribution in [1.29, 1.82) is 0 Å². The number of hydrogen-bond acceptors (Lipinski definition) is 3. The molecule has 0 unspecified atom stereocenters. The molecule has 46 heavy (non-hydrogen) atoms. The minimum Gasteiger partial charge on any atom is -0.310 e. The molecule has 0 saturated carbocycles. The maximum absolute atomic E-state index is 2.51. The fourth-order valence-corrected chi connectivity index (χ4v) is 10.1. The third-order valence-corrected chi connectivity index (χ3v) is 12.3. The molecule has 0 amide bonds. The van der Waals surface area contributed by atoms with Crippen molar-refractivity contribution in [1.82, 2.24) is 0 Å². The Morgan fingerprint density at radius 3 is 1.96 bits per heavy atom. The Balaban J connectivity index is 1.30. The number of thiophene rings is 2. The number of rotatable bonds is 3. The van der Waals surface area contributed by atoms with Gasteiger partial charge in [0.25, 0.3) is 0 Å². The van der Waals surface area contributed by atoms with Crippen molar-refractivity contribution in [2.24, 2.45) is 0 Å². The number of anilines is 3. The molecule has 0 bridgehead atoms. The van der Waals surface area contributed by atoms with E-state index >= 15 is 0 Å². The number of benzene rings is 7. The van der Waals surface area contributed by atoms with Crippen LogP contribution in [0.2, 0.25) is 0 Å². The van der Waals surface area contributed by atoms with Gasteiger partial charge in [0.15, 0.2) is 0 Å². The molecule has 3 heteroatoms. The van der Waals surface area contributed by atoms with Crippen LogP contribution in [0.4, 0.5) is 17.1 Å². The number of hydrogen-bond donors (Lipinski definition) is 0. The summed E-state index contributed by atoms with van der Waals surface area (Å²) in [5.74, 6) is 0. The molecule has 2 heterocycles. The van der Waals surface area contributed by atoms with E-state index in [1.54, 1.807) is 0 Å². The van der Waals surface area contributed by atoms with E-state index in [1.165, 1.54) is 90.4 Å². The lowest BCUT2D eigenvalue weighted by Gasteiger charge is -2.29. The monoisotopic (exact) mass is 623 g/mol. The average molecular weight is 624 g/mol. The Morgan fingerprint density at radius 2 is 1.09 bits per heavy atom. The van der Waals surface area contributed by atoms with Gasteiger partial charge in [-0.1, -0.05) is 98.8 Å². The first-order valence-corrected chi connectivity index (χ1v) is 17.5. The Hall–Kier alpha value is -4.96. The first kappa shape index (κ1) is 26.3. The second-order valence-electron chi connectivity index (χ2n) is 12.9. The maximum Gasteiger partial charge on any atom is 0.0543 e. The van der Waals surface area contributed by atoms with E-state index in [4.69, 9.17) is 0 Å². The van der Waals surface area contributed by atoms with Crippen LogP contribution in [0.3, 0.4) is 0 Å². The van der Waals surface area contributed by atoms with Crippen molar-refractivity contribution in [3.8, 4) is 11.1 Å². The molecule has 9 aromatic rings. The number of fused-ring (bicyclic) bond motifs is 11. The summed E-state index contributed by atoms with van der Waals surface area (Å²) in [6.45, 7) is 4.73. The third kappa shape index (κ3) is 3.61. The summed E-state index contributed by atoms with van der Waals surface area (Å²) < 4.78 is 5.32. The first-order chi connectivity index (χ1) is 22.6. The summed E-state index contributed by atoms with van der Waals surface area (Å²) in [5.41, 5.74) is 8.92. The van der Waals surface area contributed by atoms with Gasteiger partial charge in [0.1, 0.15) is 0 Å². The van der Waals surface area contributed by atoms with Crippen LogP contribution in [0.25, 0.3) is 62.2 Å². The van der Waals surface area contributed by atoms with Crippen molar-refractivity contribution in [3.05, 3.63) is 151 Å². The quantitative estimate of drug-likeness (QED) is 0.189. The first-order valence-electron chi connectivity index (χ1n) is 15.9.